The summed E-state index contributed by atoms with van der Waals surface area (Å²) in [4.78, 5) is 14.8. The Balaban J connectivity index is 1.38. The molecule has 270 valence electrons. The van der Waals surface area contributed by atoms with Crippen molar-refractivity contribution in [2.45, 2.75) is 65.7 Å². The fourth-order valence-corrected chi connectivity index (χ4v) is 8.40. The third-order valence-corrected chi connectivity index (χ3v) is 11.5. The highest BCUT2D eigenvalue weighted by Gasteiger charge is 2.44. The van der Waals surface area contributed by atoms with E-state index in [1.807, 2.05) is 12.4 Å². The van der Waals surface area contributed by atoms with E-state index >= 15 is 0 Å². The molecule has 0 unspecified atom stereocenters. The van der Waals surface area contributed by atoms with Crippen LogP contribution in [0.25, 0.3) is 22.5 Å². The summed E-state index contributed by atoms with van der Waals surface area (Å²) in [6.45, 7) is 15.9. The maximum absolute atomic E-state index is 4.93. The number of pyridine rings is 2. The maximum atomic E-state index is 4.93. The fraction of sp³-hybridized carbons (Fsp3) is 0.200. The van der Waals surface area contributed by atoms with Gasteiger partial charge >= 0.3 is 0 Å². The molecule has 0 saturated heterocycles. The Morgan fingerprint density at radius 2 is 0.927 bits per heavy atom. The summed E-state index contributed by atoms with van der Waals surface area (Å²) < 4.78 is 0. The van der Waals surface area contributed by atoms with Crippen molar-refractivity contribution in [3.05, 3.63) is 163 Å². The molecule has 0 aliphatic carbocycles. The summed E-state index contributed by atoms with van der Waals surface area (Å²) in [5.74, 6) is 0.824. The van der Waals surface area contributed by atoms with Gasteiger partial charge in [-0.25, -0.2) is 0 Å². The van der Waals surface area contributed by atoms with Gasteiger partial charge in [0.15, 0.2) is 0 Å². The van der Waals surface area contributed by atoms with Crippen molar-refractivity contribution in [3.8, 4) is 22.5 Å². The Bertz CT molecular complexity index is 2390. The Kier molecular flexibility index (Phi) is 8.49. The summed E-state index contributed by atoms with van der Waals surface area (Å²) >= 11 is 0. The van der Waals surface area contributed by atoms with E-state index in [0.717, 1.165) is 33.9 Å². The van der Waals surface area contributed by atoms with Crippen LogP contribution in [0.4, 0.5) is 34.1 Å². The lowest BCUT2D eigenvalue weighted by Crippen LogP contribution is -2.61. The zero-order chi connectivity index (χ0) is 38.0. The van der Waals surface area contributed by atoms with E-state index < -0.39 is 0 Å². The van der Waals surface area contributed by atoms with Gasteiger partial charge in [-0.15, -0.1) is 0 Å². The SMILES string of the molecule is CC(C)c1ccnc(-c2ccc3c(c2)B2c4cc(-c5cc(C(C)C)ccn5)ccc4N(c4ccccc4)c4cc(C(C)(C)C)cc(c42)N3c2ccccc2)c1. The molecular weight excluding hydrogens is 667 g/mol. The molecule has 0 bridgehead atoms. The van der Waals surface area contributed by atoms with Gasteiger partial charge in [-0.3, -0.25) is 9.97 Å². The Labute approximate surface area is 326 Å². The highest BCUT2D eigenvalue weighted by atomic mass is 15.2. The van der Waals surface area contributed by atoms with Gasteiger partial charge in [0, 0.05) is 46.5 Å². The maximum Gasteiger partial charge on any atom is 0.252 e. The molecular formula is C50H47BN4. The highest BCUT2D eigenvalue weighted by molar-refractivity contribution is 7.00. The van der Waals surface area contributed by atoms with Crippen molar-refractivity contribution < 1.29 is 0 Å². The van der Waals surface area contributed by atoms with Gasteiger partial charge in [0.25, 0.3) is 6.71 Å². The molecule has 0 radical (unpaired) electrons. The average Bonchev–Trinajstić information content (AvgIpc) is 3.20. The first-order chi connectivity index (χ1) is 26.6. The largest absolute Gasteiger partial charge is 0.311 e. The fourth-order valence-electron chi connectivity index (χ4n) is 8.40. The van der Waals surface area contributed by atoms with Gasteiger partial charge in [0.1, 0.15) is 0 Å². The first-order valence-corrected chi connectivity index (χ1v) is 19.7. The molecule has 4 heterocycles. The molecule has 2 aliphatic rings. The first kappa shape index (κ1) is 34.8. The number of benzene rings is 5. The highest BCUT2D eigenvalue weighted by Crippen LogP contribution is 2.46. The molecule has 5 aromatic carbocycles. The first-order valence-electron chi connectivity index (χ1n) is 19.7. The molecule has 0 spiro atoms. The van der Waals surface area contributed by atoms with Gasteiger partial charge in [-0.05, 0) is 134 Å². The van der Waals surface area contributed by atoms with E-state index in [1.165, 1.54) is 55.8 Å². The van der Waals surface area contributed by atoms with Gasteiger partial charge in [0.05, 0.1) is 11.4 Å². The molecule has 0 saturated carbocycles. The van der Waals surface area contributed by atoms with E-state index in [0.29, 0.717) is 11.8 Å². The van der Waals surface area contributed by atoms with Crippen LogP contribution in [-0.2, 0) is 5.41 Å². The second-order valence-corrected chi connectivity index (χ2v) is 16.8. The van der Waals surface area contributed by atoms with E-state index in [1.54, 1.807) is 0 Å². The molecule has 7 aromatic rings. The number of aromatic nitrogens is 2. The topological polar surface area (TPSA) is 32.3 Å². The van der Waals surface area contributed by atoms with Crippen molar-refractivity contribution in [2.75, 3.05) is 9.80 Å². The number of nitrogens with zero attached hydrogens (tertiary/aromatic N) is 4. The zero-order valence-corrected chi connectivity index (χ0v) is 32.9. The van der Waals surface area contributed by atoms with E-state index in [4.69, 9.17) is 9.97 Å². The summed E-state index contributed by atoms with van der Waals surface area (Å²) in [5.41, 5.74) is 19.0. The van der Waals surface area contributed by atoms with Crippen LogP contribution in [0.5, 0.6) is 0 Å². The van der Waals surface area contributed by atoms with Crippen molar-refractivity contribution >= 4 is 57.2 Å². The molecule has 0 amide bonds. The molecule has 0 N–H and O–H groups in total. The predicted octanol–water partition coefficient (Wildman–Crippen LogP) is 11.4. The lowest BCUT2D eigenvalue weighted by atomic mass is 9.33. The smallest absolute Gasteiger partial charge is 0.252 e. The molecule has 2 aliphatic heterocycles. The van der Waals surface area contributed by atoms with Crippen LogP contribution in [0, 0.1) is 0 Å². The third-order valence-electron chi connectivity index (χ3n) is 11.5. The van der Waals surface area contributed by atoms with Crippen LogP contribution in [0.1, 0.15) is 77.0 Å². The van der Waals surface area contributed by atoms with Gasteiger partial charge in [0.2, 0.25) is 0 Å². The molecule has 0 fully saturated rings. The normalized spacial score (nSPS) is 13.2. The number of rotatable bonds is 6. The zero-order valence-electron chi connectivity index (χ0n) is 32.9. The Morgan fingerprint density at radius 1 is 0.491 bits per heavy atom. The van der Waals surface area contributed by atoms with Gasteiger partial charge in [-0.2, -0.15) is 0 Å². The number of para-hydroxylation sites is 2. The van der Waals surface area contributed by atoms with Crippen LogP contribution in [0.15, 0.2) is 146 Å². The summed E-state index contributed by atoms with van der Waals surface area (Å²) in [6, 6.07) is 49.4. The van der Waals surface area contributed by atoms with Crippen LogP contribution in [-0.4, -0.2) is 16.7 Å². The average molecular weight is 715 g/mol. The summed E-state index contributed by atoms with van der Waals surface area (Å²) in [7, 11) is 0. The number of hydrogen-bond donors (Lipinski definition) is 0. The number of fused-ring (bicyclic) bond motifs is 4. The summed E-state index contributed by atoms with van der Waals surface area (Å²) in [6.07, 6.45) is 3.92. The van der Waals surface area contributed by atoms with Crippen molar-refractivity contribution in [3.63, 3.8) is 0 Å². The molecule has 9 rings (SSSR count). The van der Waals surface area contributed by atoms with Crippen LogP contribution < -0.4 is 26.2 Å². The minimum atomic E-state index is -0.0831. The minimum absolute atomic E-state index is 0.0367. The number of anilines is 6. The lowest BCUT2D eigenvalue weighted by molar-refractivity contribution is 0.590. The van der Waals surface area contributed by atoms with E-state index in [-0.39, 0.29) is 12.1 Å². The van der Waals surface area contributed by atoms with Crippen LogP contribution >= 0.6 is 0 Å². The van der Waals surface area contributed by atoms with Gasteiger partial charge in [-0.1, -0.05) is 109 Å². The quantitative estimate of drug-likeness (QED) is 0.161. The Morgan fingerprint density at radius 3 is 1.33 bits per heavy atom. The van der Waals surface area contributed by atoms with Gasteiger partial charge < -0.3 is 9.80 Å². The summed E-state index contributed by atoms with van der Waals surface area (Å²) in [5, 5.41) is 0. The third kappa shape index (κ3) is 6.03. The van der Waals surface area contributed by atoms with Crippen molar-refractivity contribution in [1.29, 1.82) is 0 Å². The van der Waals surface area contributed by atoms with Crippen LogP contribution in [0.2, 0.25) is 0 Å². The van der Waals surface area contributed by atoms with E-state index in [2.05, 4.69) is 192 Å². The molecule has 5 heteroatoms. The molecule has 4 nitrogen and oxygen atoms in total. The molecule has 55 heavy (non-hydrogen) atoms. The van der Waals surface area contributed by atoms with Crippen molar-refractivity contribution in [2.24, 2.45) is 0 Å². The van der Waals surface area contributed by atoms with Crippen molar-refractivity contribution in [1.82, 2.24) is 9.97 Å². The minimum Gasteiger partial charge on any atom is -0.311 e. The van der Waals surface area contributed by atoms with E-state index in [9.17, 15) is 0 Å². The molecule has 0 atom stereocenters. The predicted molar refractivity (Wildman–Crippen MR) is 234 cm³/mol. The number of hydrogen-bond acceptors (Lipinski definition) is 4. The Hall–Kier alpha value is -5.94. The monoisotopic (exact) mass is 714 g/mol. The second kappa shape index (κ2) is 13.4. The molecule has 2 aromatic heterocycles. The standard InChI is InChI=1S/C50H47BN4/c1-32(2)34-22-24-52-43(28-34)36-18-20-45-41(26-36)51-42-27-37(44-29-35(33(3)4)23-25-53-44)19-21-46(42)55(40-16-12-9-13-17-40)48-31-38(50(5,6)7)30-47(49(48)51)54(45)39-14-10-8-11-15-39/h8-33H,1-7H3. The van der Waals surface area contributed by atoms with Crippen LogP contribution in [0.3, 0.4) is 0 Å². The lowest BCUT2D eigenvalue weighted by Gasteiger charge is -2.45. The second-order valence-electron chi connectivity index (χ2n) is 16.8.